The van der Waals surface area contributed by atoms with Gasteiger partial charge in [-0.1, -0.05) is 84.4 Å². The fraction of sp³-hybridized carbons (Fsp3) is 0.368. The van der Waals surface area contributed by atoms with Crippen LogP contribution < -0.4 is 0 Å². The maximum absolute atomic E-state index is 3.71. The summed E-state index contributed by atoms with van der Waals surface area (Å²) in [4.78, 5) is 0. The van der Waals surface area contributed by atoms with Gasteiger partial charge in [-0.05, 0) is 12.2 Å². The maximum atomic E-state index is 3.71. The van der Waals surface area contributed by atoms with E-state index in [0.29, 0.717) is 0 Å². The average Bonchev–Trinajstić information content (AvgIpc) is 2.46. The molecule has 0 aromatic heterocycles. The van der Waals surface area contributed by atoms with Crippen molar-refractivity contribution in [3.05, 3.63) is 74.5 Å². The third-order valence-corrected chi connectivity index (χ3v) is 1.66. The highest BCUT2D eigenvalue weighted by molar-refractivity contribution is 5.14. The summed E-state index contributed by atoms with van der Waals surface area (Å²) in [6.45, 7) is 22.3. The van der Waals surface area contributed by atoms with E-state index in [1.54, 1.807) is 18.2 Å². The number of allylic oxidation sites excluding steroid dienone is 7. The second kappa shape index (κ2) is 22.6. The molecule has 0 aliphatic rings. The first-order chi connectivity index (χ1) is 9.43. The molecular weight excluding hydrogens is 242 g/mol. The Labute approximate surface area is 128 Å². The molecule has 0 bridgehead atoms. The molecule has 116 valence electrons. The lowest BCUT2D eigenvalue weighted by Gasteiger charge is -2.23. The van der Waals surface area contributed by atoms with Crippen LogP contribution in [0, 0.1) is 0 Å². The number of quaternary nitrogens is 1. The van der Waals surface area contributed by atoms with Crippen LogP contribution in [0.3, 0.4) is 0 Å². The van der Waals surface area contributed by atoms with E-state index in [9.17, 15) is 0 Å². The highest BCUT2D eigenvalue weighted by Crippen LogP contribution is 2.07. The molecule has 1 nitrogen and oxygen atoms in total. The van der Waals surface area contributed by atoms with E-state index in [-0.39, 0.29) is 0 Å². The summed E-state index contributed by atoms with van der Waals surface area (Å²) in [5, 5.41) is 0. The predicted octanol–water partition coefficient (Wildman–Crippen LogP) is 5.92. The average molecular weight is 279 g/mol. The van der Waals surface area contributed by atoms with Gasteiger partial charge in [0.2, 0.25) is 0 Å². The van der Waals surface area contributed by atoms with Crippen LogP contribution in [0.25, 0.3) is 0 Å². The van der Waals surface area contributed by atoms with Gasteiger partial charge in [-0.15, -0.1) is 0 Å². The summed E-state index contributed by atoms with van der Waals surface area (Å²) < 4.78 is 0.787. The standard InChI is InChI=1S/C9H16N.C6H8.2C2H6/c1-6-8-9(7-2)10(3,4)5;1-3-5-6-4-2;2*1-2/h6-8H,1-2H2,3-5H3;3-6H,1-2H2;2*1-2H3/q+1;;;/b9-8+;6-5-;;. The van der Waals surface area contributed by atoms with E-state index in [0.717, 1.165) is 10.2 Å². The molecule has 0 amide bonds. The molecule has 0 rings (SSSR count). The Morgan fingerprint density at radius 2 is 1.05 bits per heavy atom. The number of nitrogens with zero attached hydrogens (tertiary/aromatic N) is 1. The molecule has 0 saturated carbocycles. The lowest BCUT2D eigenvalue weighted by Crippen LogP contribution is -2.32. The van der Waals surface area contributed by atoms with Crippen LogP contribution >= 0.6 is 0 Å². The van der Waals surface area contributed by atoms with Crippen molar-refractivity contribution >= 4 is 0 Å². The lowest BCUT2D eigenvalue weighted by atomic mass is 10.3. The van der Waals surface area contributed by atoms with Gasteiger partial charge in [0.25, 0.3) is 0 Å². The second-order valence-electron chi connectivity index (χ2n) is 3.90. The minimum atomic E-state index is 0.787. The smallest absolute Gasteiger partial charge is 0.131 e. The van der Waals surface area contributed by atoms with Gasteiger partial charge in [-0.25, -0.2) is 0 Å². The number of likely N-dealkylation sites (N-methyl/N-ethyl adjacent to an activating group) is 1. The summed E-state index contributed by atoms with van der Waals surface area (Å²) in [6.07, 6.45) is 12.7. The van der Waals surface area contributed by atoms with Crippen molar-refractivity contribution in [1.29, 1.82) is 0 Å². The van der Waals surface area contributed by atoms with E-state index >= 15 is 0 Å². The zero-order valence-corrected chi connectivity index (χ0v) is 14.8. The Balaban J connectivity index is -0.000000109. The topological polar surface area (TPSA) is 0 Å². The van der Waals surface area contributed by atoms with Crippen molar-refractivity contribution in [2.45, 2.75) is 27.7 Å². The first-order valence-electron chi connectivity index (χ1n) is 7.11. The van der Waals surface area contributed by atoms with Crippen LogP contribution in [0.4, 0.5) is 0 Å². The molecule has 0 fully saturated rings. The molecule has 0 aliphatic carbocycles. The number of hydrogen-bond donors (Lipinski definition) is 0. The molecule has 0 heterocycles. The van der Waals surface area contributed by atoms with Crippen molar-refractivity contribution in [3.8, 4) is 0 Å². The quantitative estimate of drug-likeness (QED) is 0.433. The Morgan fingerprint density at radius 3 is 1.15 bits per heavy atom. The molecule has 0 saturated heterocycles. The highest BCUT2D eigenvalue weighted by Gasteiger charge is 2.10. The zero-order chi connectivity index (χ0) is 17.0. The molecule has 0 unspecified atom stereocenters. The van der Waals surface area contributed by atoms with E-state index in [4.69, 9.17) is 0 Å². The molecule has 0 aliphatic heterocycles. The number of hydrogen-bond acceptors (Lipinski definition) is 0. The summed E-state index contributed by atoms with van der Waals surface area (Å²) in [5.74, 6) is 0. The molecular formula is C19H36N+. The monoisotopic (exact) mass is 278 g/mol. The number of rotatable bonds is 5. The van der Waals surface area contributed by atoms with E-state index < -0.39 is 0 Å². The van der Waals surface area contributed by atoms with Gasteiger partial charge >= 0.3 is 0 Å². The molecule has 0 spiro atoms. The molecule has 0 atom stereocenters. The van der Waals surface area contributed by atoms with Crippen LogP contribution in [0.2, 0.25) is 0 Å². The minimum Gasteiger partial charge on any atom is -0.298 e. The van der Waals surface area contributed by atoms with Gasteiger partial charge in [-0.2, -0.15) is 0 Å². The Morgan fingerprint density at radius 1 is 0.700 bits per heavy atom. The van der Waals surface area contributed by atoms with E-state index in [1.807, 2.05) is 52.0 Å². The summed E-state index contributed by atoms with van der Waals surface area (Å²) >= 11 is 0. The summed E-state index contributed by atoms with van der Waals surface area (Å²) in [5.41, 5.74) is 1.16. The molecule has 20 heavy (non-hydrogen) atoms. The highest BCUT2D eigenvalue weighted by atomic mass is 15.3. The van der Waals surface area contributed by atoms with Crippen LogP contribution in [0.1, 0.15) is 27.7 Å². The second-order valence-corrected chi connectivity index (χ2v) is 3.90. The predicted molar refractivity (Wildman–Crippen MR) is 98.7 cm³/mol. The van der Waals surface area contributed by atoms with Gasteiger partial charge in [-0.3, -0.25) is 4.48 Å². The van der Waals surface area contributed by atoms with Gasteiger partial charge in [0.05, 0.1) is 21.1 Å². The molecule has 0 aromatic rings. The summed E-state index contributed by atoms with van der Waals surface area (Å²) in [6, 6.07) is 0. The van der Waals surface area contributed by atoms with Gasteiger partial charge in [0.1, 0.15) is 5.70 Å². The van der Waals surface area contributed by atoms with Crippen molar-refractivity contribution in [2.24, 2.45) is 0 Å². The maximum Gasteiger partial charge on any atom is 0.131 e. The zero-order valence-electron chi connectivity index (χ0n) is 14.8. The first kappa shape index (κ1) is 26.9. The molecule has 0 N–H and O–H groups in total. The van der Waals surface area contributed by atoms with Gasteiger partial charge < -0.3 is 0 Å². The third kappa shape index (κ3) is 25.3. The van der Waals surface area contributed by atoms with Crippen molar-refractivity contribution in [3.63, 3.8) is 0 Å². The van der Waals surface area contributed by atoms with E-state index in [1.165, 1.54) is 0 Å². The molecule has 1 heteroatoms. The Kier molecular flexibility index (Phi) is 30.3. The van der Waals surface area contributed by atoms with Gasteiger partial charge in [0.15, 0.2) is 0 Å². The summed E-state index contributed by atoms with van der Waals surface area (Å²) in [7, 11) is 6.28. The van der Waals surface area contributed by atoms with Crippen molar-refractivity contribution in [2.75, 3.05) is 21.1 Å². The fourth-order valence-electron chi connectivity index (χ4n) is 0.843. The fourth-order valence-corrected chi connectivity index (χ4v) is 0.843. The van der Waals surface area contributed by atoms with Crippen molar-refractivity contribution in [1.82, 2.24) is 0 Å². The molecule has 0 aromatic carbocycles. The van der Waals surface area contributed by atoms with Crippen LogP contribution in [-0.2, 0) is 0 Å². The van der Waals surface area contributed by atoms with Crippen LogP contribution in [-0.4, -0.2) is 25.6 Å². The van der Waals surface area contributed by atoms with Crippen LogP contribution in [0.5, 0.6) is 0 Å². The Bertz CT molecular complexity index is 275. The third-order valence-electron chi connectivity index (χ3n) is 1.66. The lowest BCUT2D eigenvalue weighted by molar-refractivity contribution is -0.828. The Hall–Kier alpha value is -1.60. The molecule has 0 radical (unpaired) electrons. The minimum absolute atomic E-state index is 0.787. The SMILES string of the molecule is C=C/C=C(\C=C)[N+](C)(C)C.C=C/C=C\C=C.CC.CC. The first-order valence-corrected chi connectivity index (χ1v) is 7.11. The van der Waals surface area contributed by atoms with Crippen molar-refractivity contribution < 1.29 is 4.48 Å². The van der Waals surface area contributed by atoms with E-state index in [2.05, 4.69) is 47.5 Å². The van der Waals surface area contributed by atoms with Crippen LogP contribution in [0.15, 0.2) is 74.5 Å². The largest absolute Gasteiger partial charge is 0.298 e. The van der Waals surface area contributed by atoms with Gasteiger partial charge in [0, 0.05) is 0 Å². The normalized spacial score (nSPS) is 9.65.